The van der Waals surface area contributed by atoms with Crippen LogP contribution in [0.1, 0.15) is 13.3 Å². The van der Waals surface area contributed by atoms with Crippen LogP contribution >= 0.6 is 11.8 Å². The second kappa shape index (κ2) is 6.35. The summed E-state index contributed by atoms with van der Waals surface area (Å²) < 4.78 is 5.38. The van der Waals surface area contributed by atoms with Gasteiger partial charge in [0.25, 0.3) is 0 Å². The van der Waals surface area contributed by atoms with Gasteiger partial charge in [0.2, 0.25) is 5.91 Å². The molecule has 1 rings (SSSR count). The lowest BCUT2D eigenvalue weighted by Gasteiger charge is -2.37. The molecule has 1 aliphatic heterocycles. The minimum absolute atomic E-state index is 0.0149. The molecular formula is C10H19NO3S. The fraction of sp³-hybridized carbons (Fsp3) is 0.900. The van der Waals surface area contributed by atoms with Gasteiger partial charge in [-0.15, -0.1) is 0 Å². The SMILES string of the molecule is CSCCC(=O)N1CC(CO)OCC1C. The smallest absolute Gasteiger partial charge is 0.223 e. The minimum atomic E-state index is -0.209. The monoisotopic (exact) mass is 233 g/mol. The molecule has 0 bridgehead atoms. The molecule has 0 saturated carbocycles. The maximum atomic E-state index is 11.8. The molecule has 0 spiro atoms. The van der Waals surface area contributed by atoms with Crippen LogP contribution in [0.5, 0.6) is 0 Å². The fourth-order valence-corrected chi connectivity index (χ4v) is 1.99. The van der Waals surface area contributed by atoms with E-state index < -0.39 is 0 Å². The molecule has 0 aromatic carbocycles. The zero-order valence-corrected chi connectivity index (χ0v) is 10.1. The molecule has 2 atom stereocenters. The van der Waals surface area contributed by atoms with Crippen molar-refractivity contribution in [3.8, 4) is 0 Å². The first-order valence-electron chi connectivity index (χ1n) is 5.20. The Balaban J connectivity index is 2.46. The number of rotatable bonds is 4. The average molecular weight is 233 g/mol. The topological polar surface area (TPSA) is 49.8 Å². The molecular weight excluding hydrogens is 214 g/mol. The molecule has 15 heavy (non-hydrogen) atoms. The van der Waals surface area contributed by atoms with Crippen molar-refractivity contribution in [1.82, 2.24) is 4.90 Å². The second-order valence-corrected chi connectivity index (χ2v) is 4.76. The Bertz CT molecular complexity index is 213. The van der Waals surface area contributed by atoms with Crippen LogP contribution in [-0.2, 0) is 9.53 Å². The van der Waals surface area contributed by atoms with E-state index in [2.05, 4.69) is 0 Å². The van der Waals surface area contributed by atoms with E-state index in [0.717, 1.165) is 5.75 Å². The van der Waals surface area contributed by atoms with Crippen LogP contribution in [0.2, 0.25) is 0 Å². The standard InChI is InChI=1S/C10H19NO3S/c1-8-7-14-9(6-12)5-11(8)10(13)3-4-15-2/h8-9,12H,3-7H2,1-2H3. The van der Waals surface area contributed by atoms with Gasteiger partial charge in [0.1, 0.15) is 0 Å². The van der Waals surface area contributed by atoms with E-state index in [4.69, 9.17) is 9.84 Å². The van der Waals surface area contributed by atoms with Gasteiger partial charge < -0.3 is 14.7 Å². The highest BCUT2D eigenvalue weighted by Crippen LogP contribution is 2.13. The molecule has 1 heterocycles. The van der Waals surface area contributed by atoms with E-state index >= 15 is 0 Å². The lowest BCUT2D eigenvalue weighted by atomic mass is 10.2. The zero-order chi connectivity index (χ0) is 11.3. The Morgan fingerprint density at radius 1 is 1.67 bits per heavy atom. The molecule has 1 fully saturated rings. The fourth-order valence-electron chi connectivity index (χ4n) is 1.61. The lowest BCUT2D eigenvalue weighted by Crippen LogP contribution is -2.52. The van der Waals surface area contributed by atoms with E-state index in [1.165, 1.54) is 0 Å². The molecule has 0 aromatic rings. The van der Waals surface area contributed by atoms with E-state index in [1.54, 1.807) is 11.8 Å². The van der Waals surface area contributed by atoms with Crippen molar-refractivity contribution in [2.45, 2.75) is 25.5 Å². The third-order valence-electron chi connectivity index (χ3n) is 2.55. The van der Waals surface area contributed by atoms with Crippen LogP contribution in [0.25, 0.3) is 0 Å². The van der Waals surface area contributed by atoms with Crippen LogP contribution in [0.3, 0.4) is 0 Å². The third-order valence-corrected chi connectivity index (χ3v) is 3.16. The van der Waals surface area contributed by atoms with Crippen molar-refractivity contribution >= 4 is 17.7 Å². The number of hydrogen-bond donors (Lipinski definition) is 1. The molecule has 88 valence electrons. The summed E-state index contributed by atoms with van der Waals surface area (Å²) in [5, 5.41) is 8.99. The number of carbonyl (C=O) groups is 1. The van der Waals surface area contributed by atoms with Gasteiger partial charge in [-0.2, -0.15) is 11.8 Å². The first-order chi connectivity index (χ1) is 7.19. The van der Waals surface area contributed by atoms with Gasteiger partial charge in [-0.1, -0.05) is 0 Å². The van der Waals surface area contributed by atoms with Crippen LogP contribution < -0.4 is 0 Å². The van der Waals surface area contributed by atoms with Crippen molar-refractivity contribution in [2.24, 2.45) is 0 Å². The summed E-state index contributed by atoms with van der Waals surface area (Å²) in [7, 11) is 0. The summed E-state index contributed by atoms with van der Waals surface area (Å²) in [5.74, 6) is 1.02. The molecule has 1 N–H and O–H groups in total. The summed E-state index contributed by atoms with van der Waals surface area (Å²) in [6, 6.07) is 0.127. The maximum absolute atomic E-state index is 11.8. The van der Waals surface area contributed by atoms with Crippen molar-refractivity contribution in [1.29, 1.82) is 0 Å². The Morgan fingerprint density at radius 3 is 3.00 bits per heavy atom. The predicted molar refractivity (Wildman–Crippen MR) is 61.0 cm³/mol. The van der Waals surface area contributed by atoms with Gasteiger partial charge in [-0.3, -0.25) is 4.79 Å². The van der Waals surface area contributed by atoms with Gasteiger partial charge >= 0.3 is 0 Å². The molecule has 2 unspecified atom stereocenters. The molecule has 1 aliphatic rings. The quantitative estimate of drug-likeness (QED) is 0.761. The first kappa shape index (κ1) is 12.8. The highest BCUT2D eigenvalue weighted by molar-refractivity contribution is 7.98. The molecule has 0 aromatic heterocycles. The van der Waals surface area contributed by atoms with Gasteiger partial charge in [-0.05, 0) is 13.2 Å². The zero-order valence-electron chi connectivity index (χ0n) is 9.31. The highest BCUT2D eigenvalue weighted by Gasteiger charge is 2.28. The van der Waals surface area contributed by atoms with E-state index in [1.807, 2.05) is 18.1 Å². The Labute approximate surface area is 95.0 Å². The number of aliphatic hydroxyl groups excluding tert-OH is 1. The van der Waals surface area contributed by atoms with Crippen molar-refractivity contribution in [2.75, 3.05) is 31.8 Å². The normalized spacial score (nSPS) is 26.7. The van der Waals surface area contributed by atoms with E-state index in [9.17, 15) is 4.79 Å². The summed E-state index contributed by atoms with van der Waals surface area (Å²) in [6.07, 6.45) is 2.36. The number of nitrogens with zero attached hydrogens (tertiary/aromatic N) is 1. The number of ether oxygens (including phenoxy) is 1. The number of thioether (sulfide) groups is 1. The molecule has 5 heteroatoms. The largest absolute Gasteiger partial charge is 0.394 e. The summed E-state index contributed by atoms with van der Waals surface area (Å²) in [5.41, 5.74) is 0. The molecule has 1 amide bonds. The third kappa shape index (κ3) is 3.66. The number of hydrogen-bond acceptors (Lipinski definition) is 4. The summed E-state index contributed by atoms with van der Waals surface area (Å²) in [6.45, 7) is 3.00. The van der Waals surface area contributed by atoms with Gasteiger partial charge in [0.05, 0.1) is 25.4 Å². The Hall–Kier alpha value is -0.260. The summed E-state index contributed by atoms with van der Waals surface area (Å²) >= 11 is 1.67. The number of carbonyl (C=O) groups excluding carboxylic acids is 1. The first-order valence-corrected chi connectivity index (χ1v) is 6.59. The molecule has 0 aliphatic carbocycles. The van der Waals surface area contributed by atoms with E-state index in [-0.39, 0.29) is 24.7 Å². The van der Waals surface area contributed by atoms with Crippen molar-refractivity contribution in [3.05, 3.63) is 0 Å². The Morgan fingerprint density at radius 2 is 2.40 bits per heavy atom. The van der Waals surface area contributed by atoms with Gasteiger partial charge in [0, 0.05) is 18.7 Å². The second-order valence-electron chi connectivity index (χ2n) is 3.78. The average Bonchev–Trinajstić information content (AvgIpc) is 2.26. The van der Waals surface area contributed by atoms with Crippen molar-refractivity contribution < 1.29 is 14.6 Å². The van der Waals surface area contributed by atoms with Crippen LogP contribution in [0, 0.1) is 0 Å². The van der Waals surface area contributed by atoms with Crippen molar-refractivity contribution in [3.63, 3.8) is 0 Å². The van der Waals surface area contributed by atoms with E-state index in [0.29, 0.717) is 19.6 Å². The van der Waals surface area contributed by atoms with Crippen LogP contribution in [0.15, 0.2) is 0 Å². The summed E-state index contributed by atoms with van der Waals surface area (Å²) in [4.78, 5) is 13.6. The predicted octanol–water partition coefficient (Wildman–Crippen LogP) is 0.348. The number of aliphatic hydroxyl groups is 1. The van der Waals surface area contributed by atoms with Crippen LogP contribution in [0.4, 0.5) is 0 Å². The minimum Gasteiger partial charge on any atom is -0.394 e. The van der Waals surface area contributed by atoms with Gasteiger partial charge in [-0.25, -0.2) is 0 Å². The highest BCUT2D eigenvalue weighted by atomic mass is 32.2. The number of morpholine rings is 1. The molecule has 0 radical (unpaired) electrons. The Kier molecular flexibility index (Phi) is 5.42. The molecule has 1 saturated heterocycles. The molecule has 4 nitrogen and oxygen atoms in total. The maximum Gasteiger partial charge on any atom is 0.223 e. The van der Waals surface area contributed by atoms with Gasteiger partial charge in [0.15, 0.2) is 0 Å². The lowest BCUT2D eigenvalue weighted by molar-refractivity contribution is -0.145. The number of amides is 1. The van der Waals surface area contributed by atoms with Crippen LogP contribution in [-0.4, -0.2) is 59.8 Å².